The molecule has 8 heteroatoms. The van der Waals surface area contributed by atoms with Crippen LogP contribution < -0.4 is 14.8 Å². The molecule has 184 valence electrons. The number of ether oxygens (including phenoxy) is 3. The number of piperidine rings is 1. The summed E-state index contributed by atoms with van der Waals surface area (Å²) in [4.78, 5) is 23.4. The Morgan fingerprint density at radius 3 is 2.63 bits per heavy atom. The number of carbonyl (C=O) groups excluding carboxylic acids is 1. The first-order valence-electron chi connectivity index (χ1n) is 12.1. The SMILES string of the molecule is COc1cccc2ncnc(NC3CC4(CCN(C(=O)OC(C)(C)C)CC4)Oc4ccccc43)c12. The molecule has 1 atom stereocenters. The van der Waals surface area contributed by atoms with Gasteiger partial charge in [0.2, 0.25) is 0 Å². The summed E-state index contributed by atoms with van der Waals surface area (Å²) in [6.45, 7) is 6.85. The largest absolute Gasteiger partial charge is 0.496 e. The predicted octanol–water partition coefficient (Wildman–Crippen LogP) is 5.34. The highest BCUT2D eigenvalue weighted by Gasteiger charge is 2.44. The second-order valence-electron chi connectivity index (χ2n) is 10.3. The number of nitrogens with one attached hydrogen (secondary N) is 1. The van der Waals surface area contributed by atoms with Crippen LogP contribution in [0.1, 0.15) is 51.6 Å². The van der Waals surface area contributed by atoms with E-state index in [-0.39, 0.29) is 17.7 Å². The topological polar surface area (TPSA) is 85.8 Å². The molecule has 1 N–H and O–H groups in total. The molecule has 0 saturated carbocycles. The molecule has 5 rings (SSSR count). The number of nitrogens with zero attached hydrogens (tertiary/aromatic N) is 3. The van der Waals surface area contributed by atoms with Crippen molar-refractivity contribution in [1.82, 2.24) is 14.9 Å². The van der Waals surface area contributed by atoms with Gasteiger partial charge >= 0.3 is 6.09 Å². The van der Waals surface area contributed by atoms with E-state index in [0.29, 0.717) is 13.1 Å². The van der Waals surface area contributed by atoms with E-state index in [2.05, 4.69) is 21.4 Å². The number of anilines is 1. The van der Waals surface area contributed by atoms with E-state index in [0.717, 1.165) is 53.0 Å². The molecule has 8 nitrogen and oxygen atoms in total. The van der Waals surface area contributed by atoms with Gasteiger partial charge < -0.3 is 24.4 Å². The van der Waals surface area contributed by atoms with Gasteiger partial charge in [-0.15, -0.1) is 0 Å². The third-order valence-corrected chi connectivity index (χ3v) is 6.68. The number of carbonyl (C=O) groups is 1. The van der Waals surface area contributed by atoms with Crippen LogP contribution in [-0.4, -0.2) is 52.4 Å². The molecule has 1 amide bonds. The van der Waals surface area contributed by atoms with Crippen molar-refractivity contribution < 1.29 is 19.0 Å². The summed E-state index contributed by atoms with van der Waals surface area (Å²) in [5, 5.41) is 4.53. The predicted molar refractivity (Wildman–Crippen MR) is 134 cm³/mol. The molecule has 0 bridgehead atoms. The van der Waals surface area contributed by atoms with Crippen LogP contribution in [0.3, 0.4) is 0 Å². The fourth-order valence-corrected chi connectivity index (χ4v) is 5.00. The number of benzene rings is 2. The first kappa shape index (κ1) is 23.2. The fourth-order valence-electron chi connectivity index (χ4n) is 5.00. The van der Waals surface area contributed by atoms with E-state index in [9.17, 15) is 4.79 Å². The molecule has 1 saturated heterocycles. The van der Waals surface area contributed by atoms with Gasteiger partial charge in [-0.05, 0) is 39.0 Å². The lowest BCUT2D eigenvalue weighted by molar-refractivity contribution is -0.0308. The molecule has 1 unspecified atom stereocenters. The van der Waals surface area contributed by atoms with Gasteiger partial charge in [0.1, 0.15) is 34.8 Å². The molecule has 1 aromatic heterocycles. The maximum atomic E-state index is 12.6. The van der Waals surface area contributed by atoms with E-state index in [1.807, 2.05) is 57.2 Å². The third kappa shape index (κ3) is 4.70. The number of hydrogen-bond acceptors (Lipinski definition) is 7. The maximum absolute atomic E-state index is 12.6. The van der Waals surface area contributed by atoms with Gasteiger partial charge in [0.05, 0.1) is 24.1 Å². The van der Waals surface area contributed by atoms with Crippen molar-refractivity contribution in [3.8, 4) is 11.5 Å². The highest BCUT2D eigenvalue weighted by molar-refractivity contribution is 5.94. The molecule has 0 aliphatic carbocycles. The molecule has 2 aliphatic rings. The lowest BCUT2D eigenvalue weighted by atomic mass is 9.80. The van der Waals surface area contributed by atoms with Crippen LogP contribution in [0.4, 0.5) is 10.6 Å². The summed E-state index contributed by atoms with van der Waals surface area (Å²) in [7, 11) is 1.66. The van der Waals surface area contributed by atoms with Gasteiger partial charge in [-0.1, -0.05) is 24.3 Å². The minimum atomic E-state index is -0.511. The molecule has 2 aromatic carbocycles. The van der Waals surface area contributed by atoms with Gasteiger partial charge in [0.25, 0.3) is 0 Å². The number of aromatic nitrogens is 2. The molecule has 1 fully saturated rings. The summed E-state index contributed by atoms with van der Waals surface area (Å²) < 4.78 is 17.8. The van der Waals surface area contributed by atoms with E-state index in [4.69, 9.17) is 14.2 Å². The molecular formula is C27H32N4O4. The summed E-state index contributed by atoms with van der Waals surface area (Å²) in [6, 6.07) is 13.9. The van der Waals surface area contributed by atoms with Crippen molar-refractivity contribution in [3.63, 3.8) is 0 Å². The minimum absolute atomic E-state index is 0.0176. The van der Waals surface area contributed by atoms with Crippen LogP contribution in [0.25, 0.3) is 10.9 Å². The summed E-state index contributed by atoms with van der Waals surface area (Å²) >= 11 is 0. The highest BCUT2D eigenvalue weighted by Crippen LogP contribution is 2.46. The molecule has 0 radical (unpaired) electrons. The van der Waals surface area contributed by atoms with Crippen molar-refractivity contribution in [2.24, 2.45) is 0 Å². The van der Waals surface area contributed by atoms with Crippen LogP contribution in [0.5, 0.6) is 11.5 Å². The van der Waals surface area contributed by atoms with Crippen molar-refractivity contribution in [3.05, 3.63) is 54.4 Å². The Labute approximate surface area is 205 Å². The molecule has 35 heavy (non-hydrogen) atoms. The van der Waals surface area contributed by atoms with Crippen LogP contribution in [0.15, 0.2) is 48.8 Å². The number of likely N-dealkylation sites (tertiary alicyclic amines) is 1. The van der Waals surface area contributed by atoms with Gasteiger partial charge in [-0.25, -0.2) is 14.8 Å². The van der Waals surface area contributed by atoms with E-state index in [1.165, 1.54) is 0 Å². The average Bonchev–Trinajstić information content (AvgIpc) is 2.83. The van der Waals surface area contributed by atoms with Crippen LogP contribution in [0.2, 0.25) is 0 Å². The third-order valence-electron chi connectivity index (χ3n) is 6.68. The number of methoxy groups -OCH3 is 1. The average molecular weight is 477 g/mol. The van der Waals surface area contributed by atoms with Gasteiger partial charge in [0, 0.05) is 37.9 Å². The lowest BCUT2D eigenvalue weighted by Crippen LogP contribution is -2.53. The Kier molecular flexibility index (Phi) is 5.91. The quantitative estimate of drug-likeness (QED) is 0.546. The summed E-state index contributed by atoms with van der Waals surface area (Å²) in [5.74, 6) is 2.33. The maximum Gasteiger partial charge on any atom is 0.410 e. The van der Waals surface area contributed by atoms with Crippen molar-refractivity contribution in [2.75, 3.05) is 25.5 Å². The Hall–Kier alpha value is -3.55. The number of amides is 1. The van der Waals surface area contributed by atoms with Gasteiger partial charge in [0.15, 0.2) is 0 Å². The van der Waals surface area contributed by atoms with E-state index < -0.39 is 5.60 Å². The molecule has 3 heterocycles. The first-order valence-corrected chi connectivity index (χ1v) is 12.1. The van der Waals surface area contributed by atoms with Crippen molar-refractivity contribution >= 4 is 22.8 Å². The van der Waals surface area contributed by atoms with Crippen molar-refractivity contribution in [1.29, 1.82) is 0 Å². The highest BCUT2D eigenvalue weighted by atomic mass is 16.6. The number of hydrogen-bond donors (Lipinski definition) is 1. The van der Waals surface area contributed by atoms with Crippen molar-refractivity contribution in [2.45, 2.75) is 57.3 Å². The van der Waals surface area contributed by atoms with Gasteiger partial charge in [-0.3, -0.25) is 0 Å². The van der Waals surface area contributed by atoms with Crippen LogP contribution in [-0.2, 0) is 4.74 Å². The van der Waals surface area contributed by atoms with Crippen LogP contribution >= 0.6 is 0 Å². The Morgan fingerprint density at radius 1 is 1.11 bits per heavy atom. The summed E-state index contributed by atoms with van der Waals surface area (Å²) in [6.07, 6.45) is 3.52. The number of para-hydroxylation sites is 1. The zero-order chi connectivity index (χ0) is 24.6. The van der Waals surface area contributed by atoms with Gasteiger partial charge in [-0.2, -0.15) is 0 Å². The minimum Gasteiger partial charge on any atom is -0.496 e. The molecule has 2 aliphatic heterocycles. The fraction of sp³-hybridized carbons (Fsp3) is 0.444. The summed E-state index contributed by atoms with van der Waals surface area (Å²) in [5.41, 5.74) is 1.03. The normalized spacial score (nSPS) is 19.1. The van der Waals surface area contributed by atoms with E-state index >= 15 is 0 Å². The molecular weight excluding hydrogens is 444 g/mol. The second kappa shape index (κ2) is 8.91. The zero-order valence-electron chi connectivity index (χ0n) is 20.7. The molecule has 3 aromatic rings. The van der Waals surface area contributed by atoms with E-state index in [1.54, 1.807) is 18.3 Å². The smallest absolute Gasteiger partial charge is 0.410 e. The second-order valence-corrected chi connectivity index (χ2v) is 10.3. The first-order chi connectivity index (χ1) is 16.8. The molecule has 1 spiro atoms. The lowest BCUT2D eigenvalue weighted by Gasteiger charge is -2.47. The Balaban J connectivity index is 1.41. The Bertz CT molecular complexity index is 1230. The Morgan fingerprint density at radius 2 is 1.89 bits per heavy atom. The number of fused-ring (bicyclic) bond motifs is 2. The zero-order valence-corrected chi connectivity index (χ0v) is 20.7. The monoisotopic (exact) mass is 476 g/mol. The van der Waals surface area contributed by atoms with Crippen LogP contribution in [0, 0.1) is 0 Å². The number of rotatable bonds is 3. The standard InChI is InChI=1S/C27H32N4O4/c1-26(2,3)35-25(32)31-14-12-27(13-15-31)16-20(18-8-5-6-10-21(18)34-27)30-24-23-19(28-17-29-24)9-7-11-22(23)33-4/h5-11,17,20H,12-16H2,1-4H3,(H,28,29,30).